The van der Waals surface area contributed by atoms with E-state index in [1.165, 1.54) is 11.3 Å². The molecule has 0 amide bonds. The smallest absolute Gasteiger partial charge is 0.188 e. The number of hydrogen-bond donors (Lipinski definition) is 0. The standard InChI is InChI=1S/C11H10ClN3OS2/c1-8(12)6-18(16)7-9-5-17-11(15-9)10-13-3-2-4-14-10/h2-5H,1,6-7H2/t18-/m0/s1. The van der Waals surface area contributed by atoms with Crippen LogP contribution in [-0.4, -0.2) is 24.9 Å². The Hall–Kier alpha value is -1.11. The van der Waals surface area contributed by atoms with Gasteiger partial charge in [-0.3, -0.25) is 4.21 Å². The lowest BCUT2D eigenvalue weighted by Gasteiger charge is -1.97. The number of halogens is 1. The summed E-state index contributed by atoms with van der Waals surface area (Å²) >= 11 is 7.05. The lowest BCUT2D eigenvalue weighted by Crippen LogP contribution is -2.01. The van der Waals surface area contributed by atoms with E-state index in [0.29, 0.717) is 16.6 Å². The first kappa shape index (κ1) is 13.3. The highest BCUT2D eigenvalue weighted by Crippen LogP contribution is 2.20. The molecule has 0 fully saturated rings. The zero-order chi connectivity index (χ0) is 13.0. The molecular formula is C11H10ClN3OS2. The van der Waals surface area contributed by atoms with Crippen molar-refractivity contribution in [2.75, 3.05) is 5.75 Å². The van der Waals surface area contributed by atoms with Gasteiger partial charge in [0, 0.05) is 33.6 Å². The minimum Gasteiger partial charge on any atom is -0.259 e. The summed E-state index contributed by atoms with van der Waals surface area (Å²) in [4.78, 5) is 12.6. The Labute approximate surface area is 116 Å². The fourth-order valence-electron chi connectivity index (χ4n) is 1.28. The SMILES string of the molecule is C=C(Cl)C[S@](=O)Cc1csc(-c2ncccn2)n1. The monoisotopic (exact) mass is 299 g/mol. The first-order valence-corrected chi connectivity index (χ1v) is 7.80. The van der Waals surface area contributed by atoms with Gasteiger partial charge >= 0.3 is 0 Å². The van der Waals surface area contributed by atoms with Crippen molar-refractivity contribution in [1.29, 1.82) is 0 Å². The maximum Gasteiger partial charge on any atom is 0.188 e. The molecule has 0 bridgehead atoms. The Balaban J connectivity index is 2.07. The van der Waals surface area contributed by atoms with Gasteiger partial charge in [0.25, 0.3) is 0 Å². The van der Waals surface area contributed by atoms with Crippen LogP contribution >= 0.6 is 22.9 Å². The topological polar surface area (TPSA) is 55.7 Å². The van der Waals surface area contributed by atoms with Crippen LogP contribution in [0.15, 0.2) is 35.5 Å². The molecule has 0 saturated heterocycles. The van der Waals surface area contributed by atoms with Gasteiger partial charge in [0.05, 0.1) is 17.2 Å². The number of thiazole rings is 1. The number of aromatic nitrogens is 3. The van der Waals surface area contributed by atoms with Crippen molar-refractivity contribution >= 4 is 33.7 Å². The van der Waals surface area contributed by atoms with Crippen LogP contribution in [0.25, 0.3) is 10.8 Å². The van der Waals surface area contributed by atoms with Gasteiger partial charge < -0.3 is 0 Å². The highest BCUT2D eigenvalue weighted by atomic mass is 35.5. The van der Waals surface area contributed by atoms with E-state index in [9.17, 15) is 4.21 Å². The quantitative estimate of drug-likeness (QED) is 0.851. The molecule has 2 rings (SSSR count). The van der Waals surface area contributed by atoms with Gasteiger partial charge in [-0.1, -0.05) is 18.2 Å². The summed E-state index contributed by atoms with van der Waals surface area (Å²) in [5.41, 5.74) is 0.763. The molecule has 2 heterocycles. The molecule has 2 aromatic heterocycles. The van der Waals surface area contributed by atoms with Crippen LogP contribution in [0.1, 0.15) is 5.69 Å². The van der Waals surface area contributed by atoms with Gasteiger partial charge in [-0.25, -0.2) is 15.0 Å². The maximum absolute atomic E-state index is 11.7. The molecule has 0 aliphatic rings. The van der Waals surface area contributed by atoms with E-state index in [4.69, 9.17) is 11.6 Å². The number of rotatable bonds is 5. The number of hydrogen-bond acceptors (Lipinski definition) is 5. The van der Waals surface area contributed by atoms with E-state index < -0.39 is 10.8 Å². The molecule has 2 aromatic rings. The molecule has 0 aliphatic heterocycles. The van der Waals surface area contributed by atoms with Gasteiger partial charge in [0.2, 0.25) is 0 Å². The van der Waals surface area contributed by atoms with Crippen molar-refractivity contribution in [2.24, 2.45) is 0 Å². The van der Waals surface area contributed by atoms with E-state index in [2.05, 4.69) is 21.5 Å². The molecule has 0 unspecified atom stereocenters. The molecule has 0 aliphatic carbocycles. The molecule has 0 saturated carbocycles. The van der Waals surface area contributed by atoms with Gasteiger partial charge in [0.15, 0.2) is 10.8 Å². The zero-order valence-corrected chi connectivity index (χ0v) is 11.8. The van der Waals surface area contributed by atoms with Crippen molar-refractivity contribution in [3.05, 3.63) is 41.1 Å². The van der Waals surface area contributed by atoms with Gasteiger partial charge in [-0.2, -0.15) is 0 Å². The van der Waals surface area contributed by atoms with Crippen molar-refractivity contribution in [2.45, 2.75) is 5.75 Å². The normalized spacial score (nSPS) is 12.3. The van der Waals surface area contributed by atoms with E-state index in [0.717, 1.165) is 10.7 Å². The van der Waals surface area contributed by atoms with E-state index in [1.807, 2.05) is 5.38 Å². The van der Waals surface area contributed by atoms with Gasteiger partial charge in [0.1, 0.15) is 0 Å². The molecule has 4 nitrogen and oxygen atoms in total. The number of nitrogens with zero attached hydrogens (tertiary/aromatic N) is 3. The molecule has 1 atom stereocenters. The Morgan fingerprint density at radius 1 is 1.44 bits per heavy atom. The average Bonchev–Trinajstić information content (AvgIpc) is 2.77. The lowest BCUT2D eigenvalue weighted by molar-refractivity contribution is 0.684. The minimum atomic E-state index is -1.07. The van der Waals surface area contributed by atoms with Crippen LogP contribution in [0.5, 0.6) is 0 Å². The van der Waals surface area contributed by atoms with Crippen LogP contribution in [0.2, 0.25) is 0 Å². The van der Waals surface area contributed by atoms with Gasteiger partial charge in [-0.15, -0.1) is 11.3 Å². The predicted molar refractivity (Wildman–Crippen MR) is 74.8 cm³/mol. The second-order valence-electron chi connectivity index (χ2n) is 3.46. The Morgan fingerprint density at radius 2 is 2.17 bits per heavy atom. The summed E-state index contributed by atoms with van der Waals surface area (Å²) in [6.07, 6.45) is 3.33. The summed E-state index contributed by atoms with van der Waals surface area (Å²) in [6, 6.07) is 1.75. The van der Waals surface area contributed by atoms with Crippen molar-refractivity contribution < 1.29 is 4.21 Å². The van der Waals surface area contributed by atoms with Crippen molar-refractivity contribution in [1.82, 2.24) is 15.0 Å². The van der Waals surface area contributed by atoms with E-state index in [1.54, 1.807) is 18.5 Å². The molecular weight excluding hydrogens is 290 g/mol. The Bertz CT molecular complexity index is 571. The molecule has 0 N–H and O–H groups in total. The van der Waals surface area contributed by atoms with Crippen LogP contribution < -0.4 is 0 Å². The average molecular weight is 300 g/mol. The van der Waals surface area contributed by atoms with Crippen LogP contribution in [-0.2, 0) is 16.6 Å². The fraction of sp³-hybridized carbons (Fsp3) is 0.182. The molecule has 0 spiro atoms. The maximum atomic E-state index is 11.7. The van der Waals surface area contributed by atoms with Crippen LogP contribution in [0.3, 0.4) is 0 Å². The highest BCUT2D eigenvalue weighted by Gasteiger charge is 2.09. The van der Waals surface area contributed by atoms with Crippen molar-refractivity contribution in [3.63, 3.8) is 0 Å². The second kappa shape index (κ2) is 6.17. The second-order valence-corrected chi connectivity index (χ2v) is 6.31. The first-order valence-electron chi connectivity index (χ1n) is 5.05. The third-order valence-corrected chi connectivity index (χ3v) is 4.40. The lowest BCUT2D eigenvalue weighted by atomic mass is 10.5. The Kier molecular flexibility index (Phi) is 4.57. The van der Waals surface area contributed by atoms with Crippen LogP contribution in [0.4, 0.5) is 0 Å². The fourth-order valence-corrected chi connectivity index (χ4v) is 3.44. The third kappa shape index (κ3) is 3.69. The molecule has 0 aromatic carbocycles. The Morgan fingerprint density at radius 3 is 2.83 bits per heavy atom. The molecule has 7 heteroatoms. The summed E-state index contributed by atoms with van der Waals surface area (Å²) < 4.78 is 11.7. The van der Waals surface area contributed by atoms with E-state index in [-0.39, 0.29) is 5.75 Å². The van der Waals surface area contributed by atoms with Crippen LogP contribution in [0, 0.1) is 0 Å². The first-order chi connectivity index (χ1) is 8.65. The molecule has 94 valence electrons. The zero-order valence-electron chi connectivity index (χ0n) is 9.38. The van der Waals surface area contributed by atoms with E-state index >= 15 is 0 Å². The summed E-state index contributed by atoms with van der Waals surface area (Å²) in [6.45, 7) is 3.52. The predicted octanol–water partition coefficient (Wildman–Crippen LogP) is 2.60. The van der Waals surface area contributed by atoms with Gasteiger partial charge in [-0.05, 0) is 6.07 Å². The summed E-state index contributed by atoms with van der Waals surface area (Å²) in [5, 5.41) is 2.99. The van der Waals surface area contributed by atoms with Crippen molar-refractivity contribution in [3.8, 4) is 10.8 Å². The minimum absolute atomic E-state index is 0.288. The largest absolute Gasteiger partial charge is 0.259 e. The summed E-state index contributed by atoms with van der Waals surface area (Å²) in [7, 11) is -1.07. The highest BCUT2D eigenvalue weighted by molar-refractivity contribution is 7.84. The molecule has 18 heavy (non-hydrogen) atoms. The molecule has 0 radical (unpaired) electrons. The third-order valence-electron chi connectivity index (χ3n) is 1.94. The summed E-state index contributed by atoms with van der Waals surface area (Å²) in [5.74, 6) is 1.24.